The van der Waals surface area contributed by atoms with Crippen LogP contribution in [0.15, 0.2) is 28.1 Å². The van der Waals surface area contributed by atoms with Crippen LogP contribution in [0.2, 0.25) is 5.15 Å². The first-order valence-electron chi connectivity index (χ1n) is 8.05. The molecule has 0 bridgehead atoms. The number of halogens is 2. The third-order valence-electron chi connectivity index (χ3n) is 4.24. The first-order valence-corrected chi connectivity index (χ1v) is 10.9. The van der Waals surface area contributed by atoms with Crippen molar-refractivity contribution in [2.24, 2.45) is 5.73 Å². The SMILES string of the molecule is N[C@H]1CCCO[C@@H]1c1sc2c(NCc3cccs3)cc(Cl)nc2c1Br. The molecule has 1 aliphatic heterocycles. The number of ether oxygens (including phenoxy) is 1. The standard InChI is InChI=1S/C17H17BrClN3OS2/c18-13-14-16(25-17(13)15-10(20)4-1-5-23-15)11(7-12(19)22-14)21-8-9-3-2-6-24-9/h2-3,6-7,10,15H,1,4-5,8,20H2,(H,21,22)/t10-,15-/m0/s1. The Kier molecular flexibility index (Phi) is 5.31. The fraction of sp³-hybridized carbons (Fsp3) is 0.353. The van der Waals surface area contributed by atoms with Crippen molar-refractivity contribution in [1.29, 1.82) is 0 Å². The van der Waals surface area contributed by atoms with Gasteiger partial charge >= 0.3 is 0 Å². The van der Waals surface area contributed by atoms with Crippen molar-refractivity contribution >= 4 is 66.1 Å². The fourth-order valence-corrected chi connectivity index (χ4v) is 5.99. The molecule has 0 spiro atoms. The van der Waals surface area contributed by atoms with Crippen molar-refractivity contribution in [3.8, 4) is 0 Å². The Morgan fingerprint density at radius 3 is 3.12 bits per heavy atom. The monoisotopic (exact) mass is 457 g/mol. The third kappa shape index (κ3) is 3.59. The minimum absolute atomic E-state index is 0.0103. The Morgan fingerprint density at radius 1 is 1.48 bits per heavy atom. The van der Waals surface area contributed by atoms with Crippen molar-refractivity contribution in [2.45, 2.75) is 31.5 Å². The van der Waals surface area contributed by atoms with E-state index in [-0.39, 0.29) is 12.1 Å². The summed E-state index contributed by atoms with van der Waals surface area (Å²) in [4.78, 5) is 6.88. The Balaban J connectivity index is 1.72. The Hall–Kier alpha value is -0.700. The van der Waals surface area contributed by atoms with Gasteiger partial charge in [0.05, 0.1) is 25.3 Å². The molecule has 3 aromatic rings. The number of fused-ring (bicyclic) bond motifs is 1. The lowest BCUT2D eigenvalue weighted by molar-refractivity contribution is 0.00202. The predicted octanol–water partition coefficient (Wildman–Crippen LogP) is 5.56. The number of aromatic nitrogens is 1. The zero-order valence-corrected chi connectivity index (χ0v) is 17.3. The average molecular weight is 459 g/mol. The quantitative estimate of drug-likeness (QED) is 0.502. The summed E-state index contributed by atoms with van der Waals surface area (Å²) < 4.78 is 7.97. The van der Waals surface area contributed by atoms with E-state index in [2.05, 4.69) is 43.7 Å². The van der Waals surface area contributed by atoms with Crippen LogP contribution in [0.3, 0.4) is 0 Å². The molecule has 4 nitrogen and oxygen atoms in total. The maximum absolute atomic E-state index is 6.29. The normalized spacial score (nSPS) is 20.9. The molecule has 25 heavy (non-hydrogen) atoms. The first-order chi connectivity index (χ1) is 12.1. The molecule has 4 rings (SSSR count). The lowest BCUT2D eigenvalue weighted by Gasteiger charge is -2.28. The molecule has 132 valence electrons. The Labute approximate surface area is 167 Å². The van der Waals surface area contributed by atoms with Gasteiger partial charge in [-0.15, -0.1) is 22.7 Å². The largest absolute Gasteiger partial charge is 0.379 e. The number of rotatable bonds is 4. The van der Waals surface area contributed by atoms with E-state index in [1.54, 1.807) is 22.7 Å². The summed E-state index contributed by atoms with van der Waals surface area (Å²) in [6, 6.07) is 6.06. The molecule has 0 saturated carbocycles. The maximum atomic E-state index is 6.29. The molecule has 1 aliphatic rings. The highest BCUT2D eigenvalue weighted by atomic mass is 79.9. The Bertz CT molecular complexity index is 884. The second kappa shape index (κ2) is 7.50. The molecule has 8 heteroatoms. The number of nitrogens with one attached hydrogen (secondary N) is 1. The smallest absolute Gasteiger partial charge is 0.131 e. The van der Waals surface area contributed by atoms with E-state index in [1.165, 1.54) is 4.88 Å². The van der Waals surface area contributed by atoms with Crippen molar-refractivity contribution < 1.29 is 4.74 Å². The fourth-order valence-electron chi connectivity index (χ4n) is 3.01. The molecule has 0 unspecified atom stereocenters. The van der Waals surface area contributed by atoms with Gasteiger partial charge in [0.15, 0.2) is 0 Å². The molecule has 0 amide bonds. The highest BCUT2D eigenvalue weighted by molar-refractivity contribution is 9.10. The molecule has 3 N–H and O–H groups in total. The van der Waals surface area contributed by atoms with Crippen molar-refractivity contribution in [3.05, 3.63) is 43.0 Å². The van der Waals surface area contributed by atoms with Gasteiger partial charge in [-0.2, -0.15) is 0 Å². The van der Waals surface area contributed by atoms with Gasteiger partial charge in [-0.1, -0.05) is 17.7 Å². The molecular weight excluding hydrogens is 442 g/mol. The van der Waals surface area contributed by atoms with E-state index in [0.29, 0.717) is 5.15 Å². The highest BCUT2D eigenvalue weighted by Crippen LogP contribution is 2.45. The van der Waals surface area contributed by atoms with Crippen LogP contribution in [-0.2, 0) is 11.3 Å². The van der Waals surface area contributed by atoms with Gasteiger partial charge in [0.2, 0.25) is 0 Å². The summed E-state index contributed by atoms with van der Waals surface area (Å²) in [5.74, 6) is 0. The van der Waals surface area contributed by atoms with Gasteiger partial charge in [0.25, 0.3) is 0 Å². The summed E-state index contributed by atoms with van der Waals surface area (Å²) in [6.07, 6.45) is 1.90. The molecule has 1 fully saturated rings. The molecule has 1 saturated heterocycles. The highest BCUT2D eigenvalue weighted by Gasteiger charge is 2.29. The summed E-state index contributed by atoms with van der Waals surface area (Å²) >= 11 is 13.4. The third-order valence-corrected chi connectivity index (χ3v) is 7.65. The van der Waals surface area contributed by atoms with Crippen LogP contribution in [0.25, 0.3) is 10.2 Å². The van der Waals surface area contributed by atoms with E-state index in [0.717, 1.165) is 51.2 Å². The molecule has 4 heterocycles. The number of thiophene rings is 2. The van der Waals surface area contributed by atoms with Gasteiger partial charge in [-0.25, -0.2) is 4.98 Å². The molecule has 0 aromatic carbocycles. The summed E-state index contributed by atoms with van der Waals surface area (Å²) in [5.41, 5.74) is 8.15. The van der Waals surface area contributed by atoms with Crippen LogP contribution in [0, 0.1) is 0 Å². The minimum Gasteiger partial charge on any atom is -0.379 e. The van der Waals surface area contributed by atoms with Crippen LogP contribution in [-0.4, -0.2) is 17.6 Å². The van der Waals surface area contributed by atoms with Crippen molar-refractivity contribution in [1.82, 2.24) is 4.98 Å². The maximum Gasteiger partial charge on any atom is 0.131 e. The molecule has 3 aromatic heterocycles. The average Bonchev–Trinajstić information content (AvgIpc) is 3.22. The lowest BCUT2D eigenvalue weighted by atomic mass is 10.0. The lowest BCUT2D eigenvalue weighted by Crippen LogP contribution is -2.34. The second-order valence-corrected chi connectivity index (χ2v) is 9.25. The molecular formula is C17H17BrClN3OS2. The van der Waals surface area contributed by atoms with Gasteiger partial charge in [-0.3, -0.25) is 0 Å². The second-order valence-electron chi connectivity index (χ2n) is 5.98. The Morgan fingerprint density at radius 2 is 2.36 bits per heavy atom. The minimum atomic E-state index is -0.0914. The number of hydrogen-bond donors (Lipinski definition) is 2. The van der Waals surface area contributed by atoms with E-state index in [4.69, 9.17) is 22.1 Å². The zero-order valence-electron chi connectivity index (χ0n) is 13.3. The summed E-state index contributed by atoms with van der Waals surface area (Å²) in [6.45, 7) is 1.51. The van der Waals surface area contributed by atoms with Crippen molar-refractivity contribution in [2.75, 3.05) is 11.9 Å². The summed E-state index contributed by atoms with van der Waals surface area (Å²) in [7, 11) is 0. The van der Waals surface area contributed by atoms with E-state index < -0.39 is 0 Å². The molecule has 2 atom stereocenters. The number of nitrogens with zero attached hydrogens (tertiary/aromatic N) is 1. The predicted molar refractivity (Wildman–Crippen MR) is 110 cm³/mol. The number of hydrogen-bond acceptors (Lipinski definition) is 6. The van der Waals surface area contributed by atoms with Crippen LogP contribution < -0.4 is 11.1 Å². The van der Waals surface area contributed by atoms with Crippen molar-refractivity contribution in [3.63, 3.8) is 0 Å². The molecule has 0 radical (unpaired) electrons. The van der Waals surface area contributed by atoms with Crippen LogP contribution >= 0.6 is 50.2 Å². The van der Waals surface area contributed by atoms with E-state index in [1.807, 2.05) is 6.07 Å². The molecule has 0 aliphatic carbocycles. The van der Waals surface area contributed by atoms with Crippen LogP contribution in [0.1, 0.15) is 28.7 Å². The van der Waals surface area contributed by atoms with Crippen LogP contribution in [0.4, 0.5) is 5.69 Å². The van der Waals surface area contributed by atoms with E-state index >= 15 is 0 Å². The number of nitrogens with two attached hydrogens (primary N) is 1. The number of anilines is 1. The van der Waals surface area contributed by atoms with Gasteiger partial charge in [0, 0.05) is 30.1 Å². The van der Waals surface area contributed by atoms with Gasteiger partial charge in [0.1, 0.15) is 11.3 Å². The van der Waals surface area contributed by atoms with Gasteiger partial charge in [-0.05, 0) is 40.2 Å². The topological polar surface area (TPSA) is 60.2 Å². The van der Waals surface area contributed by atoms with Gasteiger partial charge < -0.3 is 15.8 Å². The number of pyridine rings is 1. The first kappa shape index (κ1) is 17.7. The summed E-state index contributed by atoms with van der Waals surface area (Å²) in [5, 5.41) is 6.04. The van der Waals surface area contributed by atoms with E-state index in [9.17, 15) is 0 Å². The van der Waals surface area contributed by atoms with Crippen LogP contribution in [0.5, 0.6) is 0 Å². The zero-order chi connectivity index (χ0) is 17.4.